The van der Waals surface area contributed by atoms with Crippen molar-refractivity contribution in [2.75, 3.05) is 32.8 Å². The summed E-state index contributed by atoms with van der Waals surface area (Å²) in [6.07, 6.45) is 1.50. The summed E-state index contributed by atoms with van der Waals surface area (Å²) in [6, 6.07) is 29.4. The van der Waals surface area contributed by atoms with Crippen LogP contribution in [0.15, 0.2) is 84.9 Å². The molecule has 0 bridgehead atoms. The number of benzene rings is 3. The molecule has 2 atom stereocenters. The molecule has 3 nitrogen and oxygen atoms in total. The summed E-state index contributed by atoms with van der Waals surface area (Å²) in [6.45, 7) is 6.24. The van der Waals surface area contributed by atoms with Crippen molar-refractivity contribution in [3.63, 3.8) is 0 Å². The molecule has 0 amide bonds. The molecule has 0 aromatic heterocycles. The Kier molecular flexibility index (Phi) is 7.18. The van der Waals surface area contributed by atoms with Crippen LogP contribution in [0.3, 0.4) is 0 Å². The number of rotatable bonds is 8. The van der Waals surface area contributed by atoms with Gasteiger partial charge in [-0.3, -0.25) is 4.90 Å². The van der Waals surface area contributed by atoms with Crippen LogP contribution < -0.4 is 0 Å². The van der Waals surface area contributed by atoms with E-state index in [4.69, 9.17) is 4.74 Å². The molecular weight excluding hydrogens is 382 g/mol. The maximum atomic E-state index is 12.4. The summed E-state index contributed by atoms with van der Waals surface area (Å²) in [5.74, 6) is -0.0294. The Hall–Kier alpha value is -2.46. The average Bonchev–Trinajstić information content (AvgIpc) is 2.83. The summed E-state index contributed by atoms with van der Waals surface area (Å²) in [5.41, 5.74) is 3.68. The topological polar surface area (TPSA) is 32.7 Å². The molecule has 162 valence electrons. The first-order chi connectivity index (χ1) is 15.1. The lowest BCUT2D eigenvalue weighted by Crippen LogP contribution is -2.45. The van der Waals surface area contributed by atoms with Crippen molar-refractivity contribution >= 4 is 0 Å². The van der Waals surface area contributed by atoms with Crippen molar-refractivity contribution < 1.29 is 9.84 Å². The molecular formula is C28H33NO2. The minimum absolute atomic E-state index is 0.0294. The molecule has 0 unspecified atom stereocenters. The SMILES string of the molecule is Cc1ccc([C@](O)(CCc2ccccc2)[C@@H](CN2CCOCC2)c2ccccc2)cc1. The number of nitrogens with zero attached hydrogens (tertiary/aromatic N) is 1. The maximum Gasteiger partial charge on any atom is 0.0980 e. The Morgan fingerprint density at radius 3 is 2.13 bits per heavy atom. The van der Waals surface area contributed by atoms with Crippen LogP contribution in [0.25, 0.3) is 0 Å². The summed E-state index contributed by atoms with van der Waals surface area (Å²) in [5, 5.41) is 12.4. The van der Waals surface area contributed by atoms with Gasteiger partial charge in [-0.2, -0.15) is 0 Å². The van der Waals surface area contributed by atoms with Crippen LogP contribution in [0.1, 0.15) is 34.6 Å². The van der Waals surface area contributed by atoms with Crippen molar-refractivity contribution in [3.05, 3.63) is 107 Å². The quantitative estimate of drug-likeness (QED) is 0.566. The fourth-order valence-corrected chi connectivity index (χ4v) is 4.60. The molecule has 1 saturated heterocycles. The van der Waals surface area contributed by atoms with Gasteiger partial charge < -0.3 is 9.84 Å². The Bertz CT molecular complexity index is 920. The van der Waals surface area contributed by atoms with Crippen molar-refractivity contribution in [1.82, 2.24) is 4.90 Å². The van der Waals surface area contributed by atoms with Crippen LogP contribution in [0.4, 0.5) is 0 Å². The van der Waals surface area contributed by atoms with Gasteiger partial charge in [0.2, 0.25) is 0 Å². The van der Waals surface area contributed by atoms with Gasteiger partial charge in [0.25, 0.3) is 0 Å². The zero-order valence-electron chi connectivity index (χ0n) is 18.4. The molecule has 0 spiro atoms. The maximum absolute atomic E-state index is 12.4. The smallest absolute Gasteiger partial charge is 0.0980 e. The first kappa shape index (κ1) is 21.8. The van der Waals surface area contributed by atoms with Crippen LogP contribution in [-0.2, 0) is 16.8 Å². The number of ether oxygens (including phenoxy) is 1. The predicted molar refractivity (Wildman–Crippen MR) is 126 cm³/mol. The number of aryl methyl sites for hydroxylation is 2. The second-order valence-corrected chi connectivity index (χ2v) is 8.65. The summed E-state index contributed by atoms with van der Waals surface area (Å²) in [7, 11) is 0. The zero-order chi connectivity index (χ0) is 21.5. The van der Waals surface area contributed by atoms with Gasteiger partial charge in [-0.15, -0.1) is 0 Å². The number of morpholine rings is 1. The first-order valence-corrected chi connectivity index (χ1v) is 11.3. The van der Waals surface area contributed by atoms with E-state index in [0.717, 1.165) is 44.8 Å². The lowest BCUT2D eigenvalue weighted by atomic mass is 9.73. The Labute approximate surface area is 186 Å². The molecule has 1 aliphatic rings. The third kappa shape index (κ3) is 5.43. The average molecular weight is 416 g/mol. The number of hydrogen-bond donors (Lipinski definition) is 1. The summed E-state index contributed by atoms with van der Waals surface area (Å²) < 4.78 is 5.57. The van der Waals surface area contributed by atoms with Crippen molar-refractivity contribution in [2.24, 2.45) is 0 Å². The van der Waals surface area contributed by atoms with E-state index in [1.54, 1.807) is 0 Å². The Balaban J connectivity index is 1.71. The van der Waals surface area contributed by atoms with E-state index in [2.05, 4.69) is 84.6 Å². The molecule has 4 rings (SSSR count). The van der Waals surface area contributed by atoms with Gasteiger partial charge in [0.05, 0.1) is 18.8 Å². The monoisotopic (exact) mass is 415 g/mol. The molecule has 3 aromatic carbocycles. The molecule has 0 aliphatic carbocycles. The molecule has 1 fully saturated rings. The van der Waals surface area contributed by atoms with Gasteiger partial charge >= 0.3 is 0 Å². The molecule has 3 heteroatoms. The van der Waals surface area contributed by atoms with E-state index in [1.165, 1.54) is 16.7 Å². The lowest BCUT2D eigenvalue weighted by Gasteiger charge is -2.41. The van der Waals surface area contributed by atoms with Gasteiger partial charge in [0, 0.05) is 25.6 Å². The van der Waals surface area contributed by atoms with Crippen LogP contribution >= 0.6 is 0 Å². The number of hydrogen-bond acceptors (Lipinski definition) is 3. The highest BCUT2D eigenvalue weighted by atomic mass is 16.5. The normalized spacial score (nSPS) is 17.7. The van der Waals surface area contributed by atoms with E-state index in [1.807, 2.05) is 12.1 Å². The lowest BCUT2D eigenvalue weighted by molar-refractivity contribution is -0.0279. The zero-order valence-corrected chi connectivity index (χ0v) is 18.4. The van der Waals surface area contributed by atoms with Crippen LogP contribution in [0.5, 0.6) is 0 Å². The van der Waals surface area contributed by atoms with E-state index >= 15 is 0 Å². The van der Waals surface area contributed by atoms with E-state index in [9.17, 15) is 5.11 Å². The van der Waals surface area contributed by atoms with Crippen LogP contribution in [0.2, 0.25) is 0 Å². The minimum atomic E-state index is -0.969. The predicted octanol–water partition coefficient (Wildman–Crippen LogP) is 4.93. The Morgan fingerprint density at radius 2 is 1.48 bits per heavy atom. The van der Waals surface area contributed by atoms with Crippen molar-refractivity contribution in [1.29, 1.82) is 0 Å². The fourth-order valence-electron chi connectivity index (χ4n) is 4.60. The highest BCUT2D eigenvalue weighted by Gasteiger charge is 2.40. The standard InChI is InChI=1S/C28H33NO2/c1-23-12-14-26(15-13-23)28(30,17-16-24-8-4-2-5-9-24)27(25-10-6-3-7-11-25)22-29-18-20-31-21-19-29/h2-15,27,30H,16-22H2,1H3/t27-,28+/m0/s1. The Morgan fingerprint density at radius 1 is 0.871 bits per heavy atom. The van der Waals surface area contributed by atoms with Crippen LogP contribution in [-0.4, -0.2) is 42.9 Å². The first-order valence-electron chi connectivity index (χ1n) is 11.3. The molecule has 0 saturated carbocycles. The third-order valence-electron chi connectivity index (χ3n) is 6.51. The van der Waals surface area contributed by atoms with Crippen molar-refractivity contribution in [2.45, 2.75) is 31.3 Å². The largest absolute Gasteiger partial charge is 0.384 e. The highest BCUT2D eigenvalue weighted by Crippen LogP contribution is 2.41. The van der Waals surface area contributed by atoms with Crippen LogP contribution in [0, 0.1) is 6.92 Å². The minimum Gasteiger partial charge on any atom is -0.384 e. The molecule has 3 aromatic rings. The molecule has 1 heterocycles. The van der Waals surface area contributed by atoms with Crippen molar-refractivity contribution in [3.8, 4) is 0 Å². The molecule has 31 heavy (non-hydrogen) atoms. The fraction of sp³-hybridized carbons (Fsp3) is 0.357. The van der Waals surface area contributed by atoms with E-state index < -0.39 is 5.60 Å². The van der Waals surface area contributed by atoms with Gasteiger partial charge in [-0.05, 0) is 36.5 Å². The highest BCUT2D eigenvalue weighted by molar-refractivity contribution is 5.34. The van der Waals surface area contributed by atoms with Gasteiger partial charge in [-0.25, -0.2) is 0 Å². The van der Waals surface area contributed by atoms with E-state index in [0.29, 0.717) is 6.42 Å². The third-order valence-corrected chi connectivity index (χ3v) is 6.51. The summed E-state index contributed by atoms with van der Waals surface area (Å²) in [4.78, 5) is 2.43. The molecule has 1 N–H and O–H groups in total. The van der Waals surface area contributed by atoms with E-state index in [-0.39, 0.29) is 5.92 Å². The second-order valence-electron chi connectivity index (χ2n) is 8.65. The van der Waals surface area contributed by atoms with Gasteiger partial charge in [0.1, 0.15) is 0 Å². The molecule has 0 radical (unpaired) electrons. The number of aliphatic hydroxyl groups is 1. The second kappa shape index (κ2) is 10.2. The molecule has 1 aliphatic heterocycles. The van der Waals surface area contributed by atoms with Gasteiger partial charge in [-0.1, -0.05) is 90.5 Å². The van der Waals surface area contributed by atoms with Gasteiger partial charge in [0.15, 0.2) is 0 Å². The summed E-state index contributed by atoms with van der Waals surface area (Å²) >= 11 is 0.